The van der Waals surface area contributed by atoms with Crippen LogP contribution in [0.4, 0.5) is 11.6 Å². The molecule has 1 saturated heterocycles. The first kappa shape index (κ1) is 23.2. The summed E-state index contributed by atoms with van der Waals surface area (Å²) >= 11 is 6.30. The second kappa shape index (κ2) is 10.7. The summed E-state index contributed by atoms with van der Waals surface area (Å²) < 4.78 is 5.32. The first-order valence-corrected chi connectivity index (χ1v) is 10.5. The minimum atomic E-state index is -0.152. The van der Waals surface area contributed by atoms with Crippen molar-refractivity contribution in [3.8, 4) is 6.07 Å². The average Bonchev–Trinajstić information content (AvgIpc) is 2.80. The topological polar surface area (TPSA) is 153 Å². The van der Waals surface area contributed by atoms with E-state index in [1.807, 2.05) is 25.1 Å². The Hall–Kier alpha value is -3.48. The van der Waals surface area contributed by atoms with Gasteiger partial charge in [0.05, 0.1) is 5.02 Å². The number of anilines is 2. The van der Waals surface area contributed by atoms with Crippen LogP contribution in [-0.4, -0.2) is 40.1 Å². The number of aryl methyl sites for hydroxylation is 1. The van der Waals surface area contributed by atoms with Crippen molar-refractivity contribution in [3.05, 3.63) is 52.6 Å². The van der Waals surface area contributed by atoms with Crippen molar-refractivity contribution in [2.75, 3.05) is 24.7 Å². The van der Waals surface area contributed by atoms with E-state index < -0.39 is 0 Å². The second-order valence-corrected chi connectivity index (χ2v) is 7.55. The molecule has 1 aromatic carbocycles. The molecule has 1 aliphatic rings. The molecule has 0 aliphatic carbocycles. The van der Waals surface area contributed by atoms with Gasteiger partial charge in [-0.1, -0.05) is 30.7 Å². The molecule has 0 atom stereocenters. The number of rotatable bonds is 3. The summed E-state index contributed by atoms with van der Waals surface area (Å²) in [4.78, 5) is 24.3. The molecule has 2 aromatic heterocycles. The molecule has 5 N–H and O–H groups in total. The molecule has 0 bridgehead atoms. The number of amides is 1. The Morgan fingerprint density at radius 2 is 1.97 bits per heavy atom. The third-order valence-electron chi connectivity index (χ3n) is 5.01. The van der Waals surface area contributed by atoms with Crippen LogP contribution >= 0.6 is 11.6 Å². The summed E-state index contributed by atoms with van der Waals surface area (Å²) in [5.41, 5.74) is 12.0. The van der Waals surface area contributed by atoms with Crippen LogP contribution in [0, 0.1) is 11.3 Å². The van der Waals surface area contributed by atoms with Crippen molar-refractivity contribution in [1.29, 1.82) is 5.26 Å². The quantitative estimate of drug-likeness (QED) is 0.547. The fourth-order valence-electron chi connectivity index (χ4n) is 3.29. The van der Waals surface area contributed by atoms with Crippen molar-refractivity contribution >= 4 is 39.9 Å². The fourth-order valence-corrected chi connectivity index (χ4v) is 3.56. The fraction of sp³-hybridized carbons (Fsp3) is 0.318. The number of carbonyl (C=O) groups is 1. The molecule has 3 aromatic rings. The number of nitriles is 1. The maximum absolute atomic E-state index is 12.7. The number of hydrogen-bond donors (Lipinski definition) is 3. The molecule has 4 rings (SSSR count). The van der Waals surface area contributed by atoms with E-state index in [-0.39, 0.29) is 29.1 Å². The number of nitrogens with two attached hydrogens (primary N) is 2. The summed E-state index contributed by atoms with van der Waals surface area (Å²) in [6, 6.07) is 9.58. The number of nitrogen functional groups attached to an aromatic ring is 2. The number of carbonyl (C=O) groups excluding carboxylic acids is 1. The molecular weight excluding hydrogens is 430 g/mol. The van der Waals surface area contributed by atoms with Gasteiger partial charge in [0, 0.05) is 30.3 Å². The molecule has 9 nitrogen and oxygen atoms in total. The zero-order valence-corrected chi connectivity index (χ0v) is 18.4. The van der Waals surface area contributed by atoms with Gasteiger partial charge in [-0.05, 0) is 36.8 Å². The second-order valence-electron chi connectivity index (χ2n) is 7.14. The first-order chi connectivity index (χ1) is 15.4. The predicted octanol–water partition coefficient (Wildman–Crippen LogP) is 2.87. The van der Waals surface area contributed by atoms with Crippen molar-refractivity contribution in [2.45, 2.75) is 32.2 Å². The molecule has 166 valence electrons. The summed E-state index contributed by atoms with van der Waals surface area (Å²) in [7, 11) is 0. The van der Waals surface area contributed by atoms with Gasteiger partial charge in [0.2, 0.25) is 0 Å². The average molecular weight is 454 g/mol. The lowest BCUT2D eigenvalue weighted by Gasteiger charge is -2.23. The van der Waals surface area contributed by atoms with Gasteiger partial charge in [-0.25, -0.2) is 15.0 Å². The highest BCUT2D eigenvalue weighted by Crippen LogP contribution is 2.27. The van der Waals surface area contributed by atoms with Gasteiger partial charge in [-0.3, -0.25) is 4.79 Å². The van der Waals surface area contributed by atoms with E-state index >= 15 is 0 Å². The number of hydrogen-bond acceptors (Lipinski definition) is 8. The van der Waals surface area contributed by atoms with Crippen LogP contribution in [-0.2, 0) is 11.2 Å². The lowest BCUT2D eigenvalue weighted by Crippen LogP contribution is -2.39. The van der Waals surface area contributed by atoms with E-state index in [1.54, 1.807) is 12.1 Å². The Morgan fingerprint density at radius 3 is 2.56 bits per heavy atom. The Kier molecular flexibility index (Phi) is 7.76. The zero-order chi connectivity index (χ0) is 23.1. The van der Waals surface area contributed by atoms with Crippen LogP contribution in [0.1, 0.15) is 41.5 Å². The highest BCUT2D eigenvalue weighted by molar-refractivity contribution is 6.36. The third-order valence-corrected chi connectivity index (χ3v) is 5.33. The summed E-state index contributed by atoms with van der Waals surface area (Å²) in [6.07, 6.45) is 3.67. The Bertz CT molecular complexity index is 1140. The summed E-state index contributed by atoms with van der Waals surface area (Å²) in [5.74, 6) is 0.0882. The number of ether oxygens (including phenoxy) is 1. The van der Waals surface area contributed by atoms with Gasteiger partial charge >= 0.3 is 0 Å². The SMILES string of the molecule is CCc1cc2cccc(Cl)c2c(C(=O)NC2CCOCC2)n1.N#Cc1c(N)ncnc1N. The number of pyridine rings is 1. The monoisotopic (exact) mass is 453 g/mol. The zero-order valence-electron chi connectivity index (χ0n) is 17.6. The first-order valence-electron chi connectivity index (χ1n) is 10.2. The Balaban J connectivity index is 0.000000243. The molecule has 1 amide bonds. The number of nitrogens with zero attached hydrogens (tertiary/aromatic N) is 4. The summed E-state index contributed by atoms with van der Waals surface area (Å²) in [6.45, 7) is 3.41. The highest BCUT2D eigenvalue weighted by atomic mass is 35.5. The van der Waals surface area contributed by atoms with Crippen LogP contribution in [0.2, 0.25) is 5.02 Å². The van der Waals surface area contributed by atoms with Crippen LogP contribution in [0.3, 0.4) is 0 Å². The van der Waals surface area contributed by atoms with E-state index in [0.717, 1.165) is 35.7 Å². The standard InChI is InChI=1S/C17H19ClN2O2.C5H5N5/c1-2-12-10-11-4-3-5-14(18)15(11)16(19-12)17(21)20-13-6-8-22-9-7-13;6-1-3-4(7)9-2-10-5(3)8/h3-5,10,13H,2,6-9H2,1H3,(H,20,21);2H,(H4,7,8,9,10). The van der Waals surface area contributed by atoms with E-state index in [2.05, 4.69) is 20.3 Å². The van der Waals surface area contributed by atoms with Gasteiger partial charge < -0.3 is 21.5 Å². The molecule has 3 heterocycles. The maximum Gasteiger partial charge on any atom is 0.270 e. The highest BCUT2D eigenvalue weighted by Gasteiger charge is 2.21. The van der Waals surface area contributed by atoms with Crippen LogP contribution in [0.15, 0.2) is 30.6 Å². The van der Waals surface area contributed by atoms with E-state index in [1.165, 1.54) is 6.33 Å². The number of aromatic nitrogens is 3. The number of benzene rings is 1. The molecule has 32 heavy (non-hydrogen) atoms. The minimum Gasteiger partial charge on any atom is -0.382 e. The van der Waals surface area contributed by atoms with Gasteiger partial charge in [-0.2, -0.15) is 5.26 Å². The minimum absolute atomic E-state index is 0.120. The Morgan fingerprint density at radius 1 is 1.28 bits per heavy atom. The lowest BCUT2D eigenvalue weighted by atomic mass is 10.1. The van der Waals surface area contributed by atoms with E-state index in [9.17, 15) is 4.79 Å². The number of fused-ring (bicyclic) bond motifs is 1. The van der Waals surface area contributed by atoms with Crippen molar-refractivity contribution in [2.24, 2.45) is 0 Å². The lowest BCUT2D eigenvalue weighted by molar-refractivity contribution is 0.0695. The maximum atomic E-state index is 12.7. The molecule has 1 fully saturated rings. The van der Waals surface area contributed by atoms with Crippen LogP contribution < -0.4 is 16.8 Å². The van der Waals surface area contributed by atoms with Crippen molar-refractivity contribution < 1.29 is 9.53 Å². The van der Waals surface area contributed by atoms with E-state index in [0.29, 0.717) is 23.9 Å². The van der Waals surface area contributed by atoms with Crippen LogP contribution in [0.5, 0.6) is 0 Å². The van der Waals surface area contributed by atoms with Crippen molar-refractivity contribution in [3.63, 3.8) is 0 Å². The molecule has 10 heteroatoms. The summed E-state index contributed by atoms with van der Waals surface area (Å²) in [5, 5.41) is 13.7. The van der Waals surface area contributed by atoms with Gasteiger partial charge in [-0.15, -0.1) is 0 Å². The van der Waals surface area contributed by atoms with Gasteiger partial charge in [0.25, 0.3) is 5.91 Å². The number of nitrogens with one attached hydrogen (secondary N) is 1. The molecule has 0 spiro atoms. The molecular formula is C22H24ClN7O2. The molecule has 0 unspecified atom stereocenters. The largest absolute Gasteiger partial charge is 0.382 e. The smallest absolute Gasteiger partial charge is 0.270 e. The third kappa shape index (κ3) is 5.41. The van der Waals surface area contributed by atoms with Crippen LogP contribution in [0.25, 0.3) is 10.8 Å². The molecule has 0 radical (unpaired) electrons. The molecule has 0 saturated carbocycles. The normalized spacial score (nSPS) is 13.7. The van der Waals surface area contributed by atoms with E-state index in [4.69, 9.17) is 33.1 Å². The Labute approximate surface area is 190 Å². The predicted molar refractivity (Wildman–Crippen MR) is 123 cm³/mol. The van der Waals surface area contributed by atoms with Gasteiger partial charge in [0.1, 0.15) is 35.3 Å². The van der Waals surface area contributed by atoms with Gasteiger partial charge in [0.15, 0.2) is 0 Å². The molecule has 1 aliphatic heterocycles. The van der Waals surface area contributed by atoms with Crippen molar-refractivity contribution in [1.82, 2.24) is 20.3 Å². The number of halogens is 1.